The second kappa shape index (κ2) is 6.99. The number of hydrogen-bond donors (Lipinski definition) is 2. The van der Waals surface area contributed by atoms with Gasteiger partial charge in [0.1, 0.15) is 0 Å². The first-order valence-corrected chi connectivity index (χ1v) is 9.11. The maximum Gasteiger partial charge on any atom is 0.340 e. The van der Waals surface area contributed by atoms with E-state index < -0.39 is 11.9 Å². The Hall–Kier alpha value is -3.35. The van der Waals surface area contributed by atoms with Crippen molar-refractivity contribution in [3.63, 3.8) is 0 Å². The topological polar surface area (TPSA) is 97.5 Å². The van der Waals surface area contributed by atoms with Crippen LogP contribution in [0.15, 0.2) is 18.2 Å². The van der Waals surface area contributed by atoms with Gasteiger partial charge in [-0.15, -0.1) is 0 Å². The number of carbonyl (C=O) groups excluding carboxylic acids is 3. The number of nitrogens with one attached hydrogen (secondary N) is 2. The van der Waals surface area contributed by atoms with Gasteiger partial charge < -0.3 is 19.8 Å². The van der Waals surface area contributed by atoms with Gasteiger partial charge in [0.25, 0.3) is 5.91 Å². The van der Waals surface area contributed by atoms with Gasteiger partial charge in [-0.25, -0.2) is 9.59 Å². The summed E-state index contributed by atoms with van der Waals surface area (Å²) in [4.78, 5) is 40.1. The smallest absolute Gasteiger partial charge is 0.340 e. The van der Waals surface area contributed by atoms with Gasteiger partial charge in [0.05, 0.1) is 36.6 Å². The van der Waals surface area contributed by atoms with Crippen LogP contribution in [0, 0.1) is 0 Å². The lowest BCUT2D eigenvalue weighted by atomic mass is 9.94. The molecule has 2 N–H and O–H groups in total. The van der Waals surface area contributed by atoms with Gasteiger partial charge in [-0.2, -0.15) is 0 Å². The highest BCUT2D eigenvalue weighted by atomic mass is 16.5. The summed E-state index contributed by atoms with van der Waals surface area (Å²) in [6, 6.07) is 4.88. The summed E-state index contributed by atoms with van der Waals surface area (Å²) < 4.78 is 9.74. The lowest BCUT2D eigenvalue weighted by Crippen LogP contribution is -2.09. The Morgan fingerprint density at radius 2 is 1.82 bits per heavy atom. The third-order valence-electron chi connectivity index (χ3n) is 5.23. The maximum atomic E-state index is 12.6. The molecule has 0 spiro atoms. The van der Waals surface area contributed by atoms with Gasteiger partial charge in [-0.3, -0.25) is 4.79 Å². The number of ether oxygens (including phenoxy) is 2. The molecule has 1 aromatic heterocycles. The monoisotopic (exact) mass is 380 g/mol. The molecule has 2 heterocycles. The number of amides is 1. The van der Waals surface area contributed by atoms with E-state index in [9.17, 15) is 14.4 Å². The van der Waals surface area contributed by atoms with Crippen molar-refractivity contribution in [2.24, 2.45) is 0 Å². The zero-order chi connectivity index (χ0) is 19.8. The summed E-state index contributed by atoms with van der Waals surface area (Å²) in [6.45, 7) is 0. The van der Waals surface area contributed by atoms with Crippen LogP contribution >= 0.6 is 0 Å². The normalized spacial score (nSPS) is 16.4. The molecule has 1 amide bonds. The molecule has 0 saturated heterocycles. The maximum absolute atomic E-state index is 12.6. The van der Waals surface area contributed by atoms with Gasteiger partial charge >= 0.3 is 11.9 Å². The molecular weight excluding hydrogens is 360 g/mol. The predicted octanol–water partition coefficient (Wildman–Crippen LogP) is 2.96. The van der Waals surface area contributed by atoms with Crippen LogP contribution in [0.3, 0.4) is 0 Å². The highest BCUT2D eigenvalue weighted by Gasteiger charge is 2.29. The van der Waals surface area contributed by atoms with E-state index in [0.717, 1.165) is 36.9 Å². The van der Waals surface area contributed by atoms with Gasteiger partial charge in [-0.05, 0) is 55.5 Å². The standard InChI is InChI=1S/C21H20N2O5/c1-27-20(25)11-7-8-16-13(9-11)14(19(24)23-16)10-17-18(21(26)28-2)12-5-3-4-6-15(12)22-17/h7-10,22H,3-6H2,1-2H3,(H,23,24). The number of benzene rings is 1. The third-order valence-corrected chi connectivity index (χ3v) is 5.23. The second-order valence-electron chi connectivity index (χ2n) is 6.83. The van der Waals surface area contributed by atoms with Crippen LogP contribution in [0.1, 0.15) is 56.1 Å². The van der Waals surface area contributed by atoms with E-state index in [1.165, 1.54) is 14.2 Å². The minimum Gasteiger partial charge on any atom is -0.465 e. The average Bonchev–Trinajstić information content (AvgIpc) is 3.23. The van der Waals surface area contributed by atoms with E-state index in [-0.39, 0.29) is 5.91 Å². The quantitative estimate of drug-likeness (QED) is 0.630. The molecule has 1 aliphatic heterocycles. The lowest BCUT2D eigenvalue weighted by Gasteiger charge is -2.11. The molecule has 0 unspecified atom stereocenters. The number of carbonyl (C=O) groups is 3. The van der Waals surface area contributed by atoms with Gasteiger partial charge in [0, 0.05) is 16.9 Å². The summed E-state index contributed by atoms with van der Waals surface area (Å²) in [5.74, 6) is -1.19. The Balaban J connectivity index is 1.85. The largest absolute Gasteiger partial charge is 0.465 e. The number of rotatable bonds is 3. The number of anilines is 1. The number of fused-ring (bicyclic) bond motifs is 2. The van der Waals surface area contributed by atoms with Crippen molar-refractivity contribution in [3.8, 4) is 0 Å². The van der Waals surface area contributed by atoms with E-state index in [1.807, 2.05) is 0 Å². The summed E-state index contributed by atoms with van der Waals surface area (Å²) in [7, 11) is 2.66. The van der Waals surface area contributed by atoms with Gasteiger partial charge in [0.2, 0.25) is 0 Å². The van der Waals surface area contributed by atoms with Crippen molar-refractivity contribution < 1.29 is 23.9 Å². The van der Waals surface area contributed by atoms with E-state index in [4.69, 9.17) is 9.47 Å². The zero-order valence-corrected chi connectivity index (χ0v) is 15.7. The van der Waals surface area contributed by atoms with Gasteiger partial charge in [0.15, 0.2) is 0 Å². The van der Waals surface area contributed by atoms with Gasteiger partial charge in [-0.1, -0.05) is 0 Å². The molecule has 0 bridgehead atoms. The summed E-state index contributed by atoms with van der Waals surface area (Å²) >= 11 is 0. The van der Waals surface area contributed by atoms with Crippen LogP contribution in [0.2, 0.25) is 0 Å². The number of aryl methyl sites for hydroxylation is 1. The van der Waals surface area contributed by atoms with Crippen molar-refractivity contribution in [2.75, 3.05) is 19.5 Å². The number of aromatic amines is 1. The highest BCUT2D eigenvalue weighted by Crippen LogP contribution is 2.36. The van der Waals surface area contributed by atoms with Crippen molar-refractivity contribution >= 4 is 35.2 Å². The molecule has 0 atom stereocenters. The Kier molecular flexibility index (Phi) is 4.50. The number of aromatic nitrogens is 1. The fraction of sp³-hybridized carbons (Fsp3) is 0.286. The summed E-state index contributed by atoms with van der Waals surface area (Å²) in [6.07, 6.45) is 5.38. The number of esters is 2. The molecule has 1 aliphatic carbocycles. The minimum atomic E-state index is -0.480. The Morgan fingerprint density at radius 3 is 2.57 bits per heavy atom. The third kappa shape index (κ3) is 2.89. The molecule has 2 aromatic rings. The van der Waals surface area contributed by atoms with Crippen molar-refractivity contribution in [1.29, 1.82) is 0 Å². The molecule has 0 radical (unpaired) electrons. The van der Waals surface area contributed by atoms with E-state index in [0.29, 0.717) is 33.6 Å². The van der Waals surface area contributed by atoms with Crippen molar-refractivity contribution in [3.05, 3.63) is 51.8 Å². The fourth-order valence-electron chi connectivity index (χ4n) is 3.87. The fourth-order valence-corrected chi connectivity index (χ4v) is 3.87. The van der Waals surface area contributed by atoms with Crippen molar-refractivity contribution in [1.82, 2.24) is 4.98 Å². The molecule has 7 heteroatoms. The first-order chi connectivity index (χ1) is 13.5. The molecule has 2 aliphatic rings. The second-order valence-corrected chi connectivity index (χ2v) is 6.83. The number of H-pyrrole nitrogens is 1. The first kappa shape index (κ1) is 18.0. The minimum absolute atomic E-state index is 0.291. The number of methoxy groups -OCH3 is 2. The van der Waals surface area contributed by atoms with E-state index in [1.54, 1.807) is 24.3 Å². The van der Waals surface area contributed by atoms with Crippen LogP contribution in [-0.4, -0.2) is 37.0 Å². The van der Waals surface area contributed by atoms with E-state index in [2.05, 4.69) is 10.3 Å². The molecule has 4 rings (SSSR count). The molecule has 144 valence electrons. The molecule has 7 nitrogen and oxygen atoms in total. The number of hydrogen-bond acceptors (Lipinski definition) is 5. The lowest BCUT2D eigenvalue weighted by molar-refractivity contribution is -0.110. The van der Waals surface area contributed by atoms with Crippen LogP contribution < -0.4 is 5.32 Å². The summed E-state index contributed by atoms with van der Waals surface area (Å²) in [5, 5.41) is 2.79. The Morgan fingerprint density at radius 1 is 1.07 bits per heavy atom. The molecule has 1 aromatic carbocycles. The molecule has 0 saturated carbocycles. The Labute approximate surface area is 161 Å². The van der Waals surface area contributed by atoms with Crippen LogP contribution in [0.4, 0.5) is 5.69 Å². The first-order valence-electron chi connectivity index (χ1n) is 9.11. The SMILES string of the molecule is COC(=O)c1ccc2c(c1)C(=Cc1[nH]c3c(c1C(=O)OC)CCCC3)C(=O)N2. The van der Waals surface area contributed by atoms with Crippen LogP contribution in [-0.2, 0) is 27.1 Å². The Bertz CT molecular complexity index is 1030. The highest BCUT2D eigenvalue weighted by molar-refractivity contribution is 6.35. The molecular formula is C21H20N2O5. The van der Waals surface area contributed by atoms with Crippen LogP contribution in [0.25, 0.3) is 11.6 Å². The van der Waals surface area contributed by atoms with E-state index >= 15 is 0 Å². The molecule has 0 fully saturated rings. The van der Waals surface area contributed by atoms with Crippen molar-refractivity contribution in [2.45, 2.75) is 25.7 Å². The molecule has 28 heavy (non-hydrogen) atoms. The van der Waals surface area contributed by atoms with Crippen LogP contribution in [0.5, 0.6) is 0 Å². The summed E-state index contributed by atoms with van der Waals surface area (Å²) in [5.41, 5.74) is 4.95. The zero-order valence-electron chi connectivity index (χ0n) is 15.7. The average molecular weight is 380 g/mol. The predicted molar refractivity (Wildman–Crippen MR) is 103 cm³/mol.